The molecular weight excluding hydrogens is 372 g/mol. The van der Waals surface area contributed by atoms with Gasteiger partial charge in [0.15, 0.2) is 0 Å². The summed E-state index contributed by atoms with van der Waals surface area (Å²) in [6, 6.07) is 0. The highest BCUT2D eigenvalue weighted by atomic mass is 14.0. The van der Waals surface area contributed by atoms with Crippen LogP contribution < -0.4 is 0 Å². The summed E-state index contributed by atoms with van der Waals surface area (Å²) in [6.07, 6.45) is 43.9. The summed E-state index contributed by atoms with van der Waals surface area (Å²) in [4.78, 5) is 0. The minimum atomic E-state index is 1.30. The first-order valence-electron chi connectivity index (χ1n) is 15.1. The normalized spacial score (nSPS) is 11.7. The van der Waals surface area contributed by atoms with Crippen LogP contribution in [0.4, 0.5) is 0 Å². The van der Waals surface area contributed by atoms with Crippen molar-refractivity contribution >= 4 is 0 Å². The molecule has 0 radical (unpaired) electrons. The maximum atomic E-state index is 2.43. The van der Waals surface area contributed by atoms with Gasteiger partial charge in [-0.05, 0) is 25.7 Å². The van der Waals surface area contributed by atoms with Crippen LogP contribution in [0.25, 0.3) is 0 Å². The lowest BCUT2D eigenvalue weighted by molar-refractivity contribution is 0.520. The van der Waals surface area contributed by atoms with Crippen molar-refractivity contribution in [2.45, 2.75) is 187 Å². The summed E-state index contributed by atoms with van der Waals surface area (Å²) in [5, 5.41) is 0. The molecule has 0 aliphatic heterocycles. The van der Waals surface area contributed by atoms with E-state index in [9.17, 15) is 0 Å². The molecule has 0 bridgehead atoms. The van der Waals surface area contributed by atoms with E-state index in [4.69, 9.17) is 0 Å². The maximum absolute atomic E-state index is 2.43. The lowest BCUT2D eigenvalue weighted by atomic mass is 10.0. The molecule has 0 saturated heterocycles. The van der Waals surface area contributed by atoms with Gasteiger partial charge in [-0.25, -0.2) is 0 Å². The van der Waals surface area contributed by atoms with Gasteiger partial charge in [-0.15, -0.1) is 0 Å². The second kappa shape index (κ2) is 29.7. The molecule has 0 nitrogen and oxygen atoms in total. The van der Waals surface area contributed by atoms with E-state index >= 15 is 0 Å². The van der Waals surface area contributed by atoms with E-state index in [1.54, 1.807) is 0 Å². The van der Waals surface area contributed by atoms with Gasteiger partial charge in [0, 0.05) is 0 Å². The van der Waals surface area contributed by atoms with Gasteiger partial charge in [0.1, 0.15) is 0 Å². The maximum Gasteiger partial charge on any atom is -0.0351 e. The summed E-state index contributed by atoms with van der Waals surface area (Å²) >= 11 is 0. The van der Waals surface area contributed by atoms with Crippen molar-refractivity contribution in [3.05, 3.63) is 12.2 Å². The molecule has 0 fully saturated rings. The first-order chi connectivity index (χ1) is 15.4. The van der Waals surface area contributed by atoms with Crippen molar-refractivity contribution in [1.82, 2.24) is 0 Å². The monoisotopic (exact) mass is 434 g/mol. The first-order valence-corrected chi connectivity index (χ1v) is 15.1. The fourth-order valence-corrected chi connectivity index (χ4v) is 4.62. The van der Waals surface area contributed by atoms with E-state index < -0.39 is 0 Å². The molecular formula is C31H62. The average Bonchev–Trinajstić information content (AvgIpc) is 2.78. The molecule has 186 valence electrons. The highest BCUT2D eigenvalue weighted by molar-refractivity contribution is 4.81. The fourth-order valence-electron chi connectivity index (χ4n) is 4.62. The second-order valence-corrected chi connectivity index (χ2v) is 10.2. The van der Waals surface area contributed by atoms with Gasteiger partial charge in [-0.1, -0.05) is 174 Å². The zero-order chi connectivity index (χ0) is 22.5. The first kappa shape index (κ1) is 30.7. The average molecular weight is 435 g/mol. The summed E-state index contributed by atoms with van der Waals surface area (Å²) in [7, 11) is 0. The molecule has 0 rings (SSSR count). The molecule has 0 aromatic rings. The van der Waals surface area contributed by atoms with Crippen molar-refractivity contribution in [2.24, 2.45) is 0 Å². The Balaban J connectivity index is 3.03. The molecule has 0 unspecified atom stereocenters. The predicted octanol–water partition coefficient (Wildman–Crippen LogP) is 12.1. The second-order valence-electron chi connectivity index (χ2n) is 10.2. The quantitative estimate of drug-likeness (QED) is 0.0890. The van der Waals surface area contributed by atoms with Crippen LogP contribution >= 0.6 is 0 Å². The standard InChI is InChI=1S/C31H62/c1-3-5-7-9-11-13-15-17-19-21-23-25-27-29-31-30-28-26-24-22-20-18-16-14-12-10-8-6-4-2/h13,15H,3-12,14,16-31H2,1-2H3/b15-13+. The van der Waals surface area contributed by atoms with E-state index in [1.165, 1.54) is 173 Å². The minimum absolute atomic E-state index is 1.30. The Labute approximate surface area is 199 Å². The van der Waals surface area contributed by atoms with Crippen LogP contribution in [0.15, 0.2) is 12.2 Å². The molecule has 0 amide bonds. The molecule has 31 heavy (non-hydrogen) atoms. The number of unbranched alkanes of at least 4 members (excludes halogenated alkanes) is 25. The molecule has 0 heterocycles. The van der Waals surface area contributed by atoms with E-state index in [0.717, 1.165) is 0 Å². The fraction of sp³-hybridized carbons (Fsp3) is 0.935. The van der Waals surface area contributed by atoms with Crippen molar-refractivity contribution in [1.29, 1.82) is 0 Å². The van der Waals surface area contributed by atoms with Crippen molar-refractivity contribution in [3.63, 3.8) is 0 Å². The molecule has 0 N–H and O–H groups in total. The minimum Gasteiger partial charge on any atom is -0.0885 e. The Morgan fingerprint density at radius 3 is 0.710 bits per heavy atom. The third-order valence-electron chi connectivity index (χ3n) is 6.87. The van der Waals surface area contributed by atoms with E-state index in [0.29, 0.717) is 0 Å². The van der Waals surface area contributed by atoms with Gasteiger partial charge < -0.3 is 0 Å². The summed E-state index contributed by atoms with van der Waals surface area (Å²) in [6.45, 7) is 4.59. The number of hydrogen-bond donors (Lipinski definition) is 0. The topological polar surface area (TPSA) is 0 Å². The number of rotatable bonds is 27. The molecule has 0 aliphatic carbocycles. The molecule has 0 aromatic heterocycles. The van der Waals surface area contributed by atoms with Gasteiger partial charge in [-0.2, -0.15) is 0 Å². The summed E-state index contributed by atoms with van der Waals surface area (Å²) in [5.74, 6) is 0. The van der Waals surface area contributed by atoms with Gasteiger partial charge in [-0.3, -0.25) is 0 Å². The SMILES string of the molecule is CCCCCC/C=C/CCCCCCCCCCCCCCCCCCCCCCC. The Kier molecular flexibility index (Phi) is 29.5. The Morgan fingerprint density at radius 1 is 0.258 bits per heavy atom. The van der Waals surface area contributed by atoms with Crippen LogP contribution in [0.1, 0.15) is 187 Å². The van der Waals surface area contributed by atoms with Crippen molar-refractivity contribution in [3.8, 4) is 0 Å². The smallest absolute Gasteiger partial charge is 0.0351 e. The van der Waals surface area contributed by atoms with Crippen molar-refractivity contribution in [2.75, 3.05) is 0 Å². The highest BCUT2D eigenvalue weighted by Gasteiger charge is 1.95. The zero-order valence-corrected chi connectivity index (χ0v) is 22.2. The molecule has 0 aliphatic rings. The number of hydrogen-bond acceptors (Lipinski definition) is 0. The van der Waals surface area contributed by atoms with Crippen LogP contribution in [0.5, 0.6) is 0 Å². The lowest BCUT2D eigenvalue weighted by Crippen LogP contribution is -1.84. The Bertz CT molecular complexity index is 316. The third-order valence-corrected chi connectivity index (χ3v) is 6.87. The van der Waals surface area contributed by atoms with Crippen LogP contribution in [0, 0.1) is 0 Å². The largest absolute Gasteiger partial charge is 0.0885 e. The number of allylic oxidation sites excluding steroid dienone is 2. The third kappa shape index (κ3) is 29.7. The van der Waals surface area contributed by atoms with Gasteiger partial charge >= 0.3 is 0 Å². The van der Waals surface area contributed by atoms with E-state index in [1.807, 2.05) is 0 Å². The Hall–Kier alpha value is -0.260. The Morgan fingerprint density at radius 2 is 0.452 bits per heavy atom. The lowest BCUT2D eigenvalue weighted by Gasteiger charge is -2.04. The molecule has 0 heteroatoms. The van der Waals surface area contributed by atoms with Crippen LogP contribution in [-0.4, -0.2) is 0 Å². The summed E-state index contributed by atoms with van der Waals surface area (Å²) < 4.78 is 0. The summed E-state index contributed by atoms with van der Waals surface area (Å²) in [5.41, 5.74) is 0. The van der Waals surface area contributed by atoms with Crippen LogP contribution in [-0.2, 0) is 0 Å². The van der Waals surface area contributed by atoms with Crippen LogP contribution in [0.2, 0.25) is 0 Å². The molecule has 0 aromatic carbocycles. The molecule has 0 spiro atoms. The van der Waals surface area contributed by atoms with Gasteiger partial charge in [0.25, 0.3) is 0 Å². The zero-order valence-electron chi connectivity index (χ0n) is 22.2. The van der Waals surface area contributed by atoms with E-state index in [-0.39, 0.29) is 0 Å². The molecule has 0 atom stereocenters. The molecule has 0 saturated carbocycles. The van der Waals surface area contributed by atoms with Gasteiger partial charge in [0.05, 0.1) is 0 Å². The van der Waals surface area contributed by atoms with Gasteiger partial charge in [0.2, 0.25) is 0 Å². The van der Waals surface area contributed by atoms with Crippen LogP contribution in [0.3, 0.4) is 0 Å². The van der Waals surface area contributed by atoms with Crippen molar-refractivity contribution < 1.29 is 0 Å². The predicted molar refractivity (Wildman–Crippen MR) is 145 cm³/mol. The highest BCUT2D eigenvalue weighted by Crippen LogP contribution is 2.15. The van der Waals surface area contributed by atoms with E-state index in [2.05, 4.69) is 26.0 Å².